The van der Waals surface area contributed by atoms with Gasteiger partial charge in [-0.25, -0.2) is 9.97 Å². The third kappa shape index (κ3) is 2.65. The summed E-state index contributed by atoms with van der Waals surface area (Å²) >= 11 is 0. The molecule has 1 aromatic heterocycles. The number of hydrogen-bond acceptors (Lipinski definition) is 6. The molecule has 0 amide bonds. The van der Waals surface area contributed by atoms with Crippen molar-refractivity contribution in [1.82, 2.24) is 9.97 Å². The molecule has 1 aliphatic rings. The molecular formula is C11H18N4O2. The second kappa shape index (κ2) is 5.29. The monoisotopic (exact) mass is 238 g/mol. The number of aliphatic hydroxyl groups excluding tert-OH is 1. The van der Waals surface area contributed by atoms with Crippen LogP contribution < -0.4 is 10.2 Å². The molecule has 2 heterocycles. The van der Waals surface area contributed by atoms with Crippen LogP contribution in [0.15, 0.2) is 6.07 Å². The third-order valence-electron chi connectivity index (χ3n) is 2.81. The maximum atomic E-state index is 9.34. The molecule has 0 radical (unpaired) electrons. The van der Waals surface area contributed by atoms with Crippen molar-refractivity contribution in [2.45, 2.75) is 13.0 Å². The van der Waals surface area contributed by atoms with Gasteiger partial charge in [-0.2, -0.15) is 0 Å². The van der Waals surface area contributed by atoms with Crippen molar-refractivity contribution in [2.24, 2.45) is 0 Å². The Hall–Kier alpha value is -1.40. The number of ether oxygens (including phenoxy) is 1. The van der Waals surface area contributed by atoms with Gasteiger partial charge in [-0.1, -0.05) is 0 Å². The molecule has 94 valence electrons. The molecule has 2 rings (SSSR count). The minimum Gasteiger partial charge on any atom is -0.394 e. The lowest BCUT2D eigenvalue weighted by atomic mass is 10.2. The lowest BCUT2D eigenvalue weighted by Gasteiger charge is -2.35. The first-order valence-electron chi connectivity index (χ1n) is 5.73. The average Bonchev–Trinajstić information content (AvgIpc) is 2.37. The predicted octanol–water partition coefficient (Wildman–Crippen LogP) is 0.0242. The van der Waals surface area contributed by atoms with Crippen molar-refractivity contribution in [2.75, 3.05) is 43.6 Å². The zero-order valence-electron chi connectivity index (χ0n) is 10.2. The Morgan fingerprint density at radius 3 is 3.12 bits per heavy atom. The van der Waals surface area contributed by atoms with Gasteiger partial charge in [0, 0.05) is 19.7 Å². The first kappa shape index (κ1) is 12.1. The number of morpholine rings is 1. The number of anilines is 2. The van der Waals surface area contributed by atoms with Crippen LogP contribution in [0.5, 0.6) is 0 Å². The first-order chi connectivity index (χ1) is 8.24. The van der Waals surface area contributed by atoms with Gasteiger partial charge in [-0.3, -0.25) is 0 Å². The summed E-state index contributed by atoms with van der Waals surface area (Å²) in [5.74, 6) is 2.34. The van der Waals surface area contributed by atoms with Crippen LogP contribution >= 0.6 is 0 Å². The van der Waals surface area contributed by atoms with E-state index in [0.29, 0.717) is 13.2 Å². The maximum absolute atomic E-state index is 9.34. The van der Waals surface area contributed by atoms with Gasteiger partial charge < -0.3 is 20.1 Å². The minimum atomic E-state index is -0.0252. The smallest absolute Gasteiger partial charge is 0.134 e. The summed E-state index contributed by atoms with van der Waals surface area (Å²) in [5.41, 5.74) is 0. The largest absolute Gasteiger partial charge is 0.394 e. The lowest BCUT2D eigenvalue weighted by molar-refractivity contribution is 0.0722. The van der Waals surface area contributed by atoms with Gasteiger partial charge in [0.25, 0.3) is 0 Å². The van der Waals surface area contributed by atoms with Gasteiger partial charge in [-0.15, -0.1) is 0 Å². The fraction of sp³-hybridized carbons (Fsp3) is 0.636. The van der Waals surface area contributed by atoms with Gasteiger partial charge in [0.15, 0.2) is 0 Å². The lowest BCUT2D eigenvalue weighted by Crippen LogP contribution is -2.48. The summed E-state index contributed by atoms with van der Waals surface area (Å²) in [4.78, 5) is 10.7. The Kier molecular flexibility index (Phi) is 3.75. The fourth-order valence-corrected chi connectivity index (χ4v) is 1.93. The molecule has 0 spiro atoms. The SMILES string of the molecule is CNc1cc(N2CCOCC2CO)nc(C)n1. The number of aliphatic hydroxyl groups is 1. The zero-order chi connectivity index (χ0) is 12.3. The Balaban J connectivity index is 2.27. The molecule has 17 heavy (non-hydrogen) atoms. The highest BCUT2D eigenvalue weighted by Gasteiger charge is 2.24. The van der Waals surface area contributed by atoms with Gasteiger partial charge in [0.05, 0.1) is 25.9 Å². The second-order valence-corrected chi connectivity index (χ2v) is 4.01. The van der Waals surface area contributed by atoms with E-state index in [9.17, 15) is 5.11 Å². The van der Waals surface area contributed by atoms with E-state index in [4.69, 9.17) is 4.74 Å². The second-order valence-electron chi connectivity index (χ2n) is 4.01. The van der Waals surface area contributed by atoms with Crippen molar-refractivity contribution < 1.29 is 9.84 Å². The highest BCUT2D eigenvalue weighted by molar-refractivity contribution is 5.50. The molecule has 1 aliphatic heterocycles. The normalized spacial score (nSPS) is 20.4. The molecule has 1 unspecified atom stereocenters. The molecule has 6 heteroatoms. The Labute approximate surface area is 101 Å². The number of nitrogens with one attached hydrogen (secondary N) is 1. The average molecular weight is 238 g/mol. The van der Waals surface area contributed by atoms with Crippen LogP contribution in [-0.4, -0.2) is 54.5 Å². The molecule has 6 nitrogen and oxygen atoms in total. The van der Waals surface area contributed by atoms with E-state index in [0.717, 1.165) is 24.0 Å². The third-order valence-corrected chi connectivity index (χ3v) is 2.81. The van der Waals surface area contributed by atoms with E-state index in [1.807, 2.05) is 20.0 Å². The van der Waals surface area contributed by atoms with Crippen molar-refractivity contribution in [3.63, 3.8) is 0 Å². The van der Waals surface area contributed by atoms with Crippen molar-refractivity contribution in [3.05, 3.63) is 11.9 Å². The summed E-state index contributed by atoms with van der Waals surface area (Å²) in [5, 5.41) is 12.3. The quantitative estimate of drug-likeness (QED) is 0.774. The molecule has 0 saturated carbocycles. The topological polar surface area (TPSA) is 70.5 Å². The summed E-state index contributed by atoms with van der Waals surface area (Å²) in [7, 11) is 1.83. The highest BCUT2D eigenvalue weighted by atomic mass is 16.5. The van der Waals surface area contributed by atoms with E-state index in [-0.39, 0.29) is 12.6 Å². The Morgan fingerprint density at radius 2 is 2.41 bits per heavy atom. The van der Waals surface area contributed by atoms with Crippen LogP contribution in [0.3, 0.4) is 0 Å². The predicted molar refractivity (Wildman–Crippen MR) is 65.4 cm³/mol. The minimum absolute atomic E-state index is 0.0252. The first-order valence-corrected chi connectivity index (χ1v) is 5.73. The summed E-state index contributed by atoms with van der Waals surface area (Å²) < 4.78 is 5.35. The van der Waals surface area contributed by atoms with E-state index < -0.39 is 0 Å². The Morgan fingerprint density at radius 1 is 1.59 bits per heavy atom. The van der Waals surface area contributed by atoms with Crippen LogP contribution in [0.25, 0.3) is 0 Å². The number of nitrogens with zero attached hydrogens (tertiary/aromatic N) is 3. The van der Waals surface area contributed by atoms with Crippen LogP contribution in [0, 0.1) is 6.92 Å². The van der Waals surface area contributed by atoms with E-state index in [1.54, 1.807) is 0 Å². The van der Waals surface area contributed by atoms with Gasteiger partial charge in [0.1, 0.15) is 17.5 Å². The van der Waals surface area contributed by atoms with Crippen LogP contribution in [0.4, 0.5) is 11.6 Å². The maximum Gasteiger partial charge on any atom is 0.134 e. The number of aryl methyl sites for hydroxylation is 1. The molecule has 0 bridgehead atoms. The summed E-state index contributed by atoms with van der Waals surface area (Å²) in [6, 6.07) is 1.86. The van der Waals surface area contributed by atoms with Gasteiger partial charge >= 0.3 is 0 Å². The summed E-state index contributed by atoms with van der Waals surface area (Å²) in [6.45, 7) is 3.87. The molecule has 1 atom stereocenters. The fourth-order valence-electron chi connectivity index (χ4n) is 1.93. The number of aromatic nitrogens is 2. The molecule has 1 aromatic rings. The Bertz CT molecular complexity index is 386. The summed E-state index contributed by atoms with van der Waals surface area (Å²) in [6.07, 6.45) is 0. The molecule has 2 N–H and O–H groups in total. The van der Waals surface area contributed by atoms with E-state index in [1.165, 1.54) is 0 Å². The molecule has 1 fully saturated rings. The van der Waals surface area contributed by atoms with Crippen molar-refractivity contribution >= 4 is 11.6 Å². The molecule has 0 aliphatic carbocycles. The van der Waals surface area contributed by atoms with E-state index >= 15 is 0 Å². The van der Waals surface area contributed by atoms with Gasteiger partial charge in [-0.05, 0) is 6.92 Å². The molecule has 0 aromatic carbocycles. The van der Waals surface area contributed by atoms with Crippen LogP contribution in [0.2, 0.25) is 0 Å². The number of hydrogen-bond donors (Lipinski definition) is 2. The van der Waals surface area contributed by atoms with Crippen molar-refractivity contribution in [1.29, 1.82) is 0 Å². The highest BCUT2D eigenvalue weighted by Crippen LogP contribution is 2.20. The van der Waals surface area contributed by atoms with Gasteiger partial charge in [0.2, 0.25) is 0 Å². The molecular weight excluding hydrogens is 220 g/mol. The van der Waals surface area contributed by atoms with Crippen LogP contribution in [-0.2, 0) is 4.74 Å². The number of rotatable bonds is 3. The van der Waals surface area contributed by atoms with Crippen molar-refractivity contribution in [3.8, 4) is 0 Å². The zero-order valence-corrected chi connectivity index (χ0v) is 10.2. The van der Waals surface area contributed by atoms with E-state index in [2.05, 4.69) is 20.2 Å². The molecule has 1 saturated heterocycles. The standard InChI is InChI=1S/C11H18N4O2/c1-8-13-10(12-2)5-11(14-8)15-3-4-17-7-9(15)6-16/h5,9,16H,3-4,6-7H2,1-2H3,(H,12,13,14). The van der Waals surface area contributed by atoms with Crippen LogP contribution in [0.1, 0.15) is 5.82 Å².